The molecule has 1 aliphatic heterocycles. The van der Waals surface area contributed by atoms with Crippen molar-refractivity contribution in [2.24, 2.45) is 0 Å². The monoisotopic (exact) mass is 484 g/mol. The van der Waals surface area contributed by atoms with E-state index in [0.29, 0.717) is 12.1 Å². The molecule has 1 N–H and O–H groups in total. The number of piperazine rings is 1. The highest BCUT2D eigenvalue weighted by molar-refractivity contribution is 7.16. The highest BCUT2D eigenvalue weighted by atomic mass is 32.1. The van der Waals surface area contributed by atoms with Gasteiger partial charge in [-0.15, -0.1) is 11.3 Å². The van der Waals surface area contributed by atoms with Gasteiger partial charge in [0.05, 0.1) is 18.2 Å². The molecule has 1 aromatic heterocycles. The molecule has 0 spiro atoms. The summed E-state index contributed by atoms with van der Waals surface area (Å²) in [5.41, 5.74) is 4.46. The number of carbonyl (C=O) groups is 1. The first-order valence-corrected chi connectivity index (χ1v) is 13.5. The SMILES string of the molecule is N#Cc1c(NC(=O)CN2CCN(C(c3ccccc3)c3ccccc3)CC2)sc2c1CCCCC2. The topological polar surface area (TPSA) is 59.4 Å². The highest BCUT2D eigenvalue weighted by Crippen LogP contribution is 2.37. The zero-order chi connectivity index (χ0) is 24.0. The Bertz CT molecular complexity index is 1140. The minimum absolute atomic E-state index is 0.0194. The lowest BCUT2D eigenvalue weighted by Gasteiger charge is -2.39. The van der Waals surface area contributed by atoms with Crippen molar-refractivity contribution in [1.82, 2.24) is 9.80 Å². The van der Waals surface area contributed by atoms with Crippen LogP contribution in [0.25, 0.3) is 0 Å². The zero-order valence-electron chi connectivity index (χ0n) is 20.1. The van der Waals surface area contributed by atoms with Crippen molar-refractivity contribution in [3.63, 3.8) is 0 Å². The zero-order valence-corrected chi connectivity index (χ0v) is 20.9. The fourth-order valence-corrected chi connectivity index (χ4v) is 6.64. The maximum absolute atomic E-state index is 12.9. The van der Waals surface area contributed by atoms with Crippen LogP contribution in [0.3, 0.4) is 0 Å². The van der Waals surface area contributed by atoms with Crippen molar-refractivity contribution in [1.29, 1.82) is 5.26 Å². The molecular weight excluding hydrogens is 452 g/mol. The fourth-order valence-electron chi connectivity index (χ4n) is 5.38. The number of hydrogen-bond donors (Lipinski definition) is 1. The molecule has 2 aromatic carbocycles. The summed E-state index contributed by atoms with van der Waals surface area (Å²) in [4.78, 5) is 18.9. The molecule has 0 bridgehead atoms. The molecule has 2 aliphatic rings. The number of thiophene rings is 1. The fraction of sp³-hybridized carbons (Fsp3) is 0.379. The van der Waals surface area contributed by atoms with Crippen molar-refractivity contribution < 1.29 is 4.79 Å². The molecule has 180 valence electrons. The molecule has 6 heteroatoms. The molecule has 0 saturated carbocycles. The van der Waals surface area contributed by atoms with Crippen LogP contribution in [0.15, 0.2) is 60.7 Å². The van der Waals surface area contributed by atoms with Crippen LogP contribution in [0.1, 0.15) is 52.4 Å². The molecule has 1 aliphatic carbocycles. The lowest BCUT2D eigenvalue weighted by Crippen LogP contribution is -2.49. The van der Waals surface area contributed by atoms with Gasteiger partial charge in [-0.2, -0.15) is 5.26 Å². The summed E-state index contributed by atoms with van der Waals surface area (Å²) in [5, 5.41) is 13.6. The molecule has 0 radical (unpaired) electrons. The Morgan fingerprint density at radius 1 is 0.914 bits per heavy atom. The molecule has 0 unspecified atom stereocenters. The van der Waals surface area contributed by atoms with Gasteiger partial charge in [0.15, 0.2) is 0 Å². The summed E-state index contributed by atoms with van der Waals surface area (Å²) < 4.78 is 0. The van der Waals surface area contributed by atoms with Crippen LogP contribution in [0, 0.1) is 11.3 Å². The van der Waals surface area contributed by atoms with Gasteiger partial charge in [0.2, 0.25) is 5.91 Å². The second kappa shape index (κ2) is 11.2. The minimum atomic E-state index is -0.0194. The smallest absolute Gasteiger partial charge is 0.239 e. The standard InChI is InChI=1S/C29H32N4OS/c30-20-25-24-14-8-3-9-15-26(24)35-29(25)31-27(34)21-32-16-18-33(19-17-32)28(22-10-4-1-5-11-22)23-12-6-2-7-13-23/h1-2,4-7,10-13,28H,3,8-9,14-19,21H2,(H,31,34). The second-order valence-corrected chi connectivity index (χ2v) is 10.6. The number of nitrogens with one attached hydrogen (secondary N) is 1. The summed E-state index contributed by atoms with van der Waals surface area (Å²) in [5.74, 6) is -0.0194. The molecule has 5 nitrogen and oxygen atoms in total. The van der Waals surface area contributed by atoms with Crippen LogP contribution in [0.5, 0.6) is 0 Å². The lowest BCUT2D eigenvalue weighted by molar-refractivity contribution is -0.117. The largest absolute Gasteiger partial charge is 0.315 e. The maximum Gasteiger partial charge on any atom is 0.239 e. The number of rotatable bonds is 6. The molecule has 5 rings (SSSR count). The average molecular weight is 485 g/mol. The third-order valence-electron chi connectivity index (χ3n) is 7.16. The molecule has 1 amide bonds. The Hall–Kier alpha value is -2.98. The van der Waals surface area contributed by atoms with Gasteiger partial charge < -0.3 is 5.32 Å². The Morgan fingerprint density at radius 2 is 1.54 bits per heavy atom. The molecule has 1 saturated heterocycles. The first kappa shape index (κ1) is 23.7. The molecule has 3 aromatic rings. The van der Waals surface area contributed by atoms with Gasteiger partial charge in [-0.25, -0.2) is 0 Å². The van der Waals surface area contributed by atoms with Crippen LogP contribution in [0.2, 0.25) is 0 Å². The third kappa shape index (κ3) is 5.48. The highest BCUT2D eigenvalue weighted by Gasteiger charge is 2.27. The Balaban J connectivity index is 1.22. The van der Waals surface area contributed by atoms with Gasteiger partial charge >= 0.3 is 0 Å². The Labute approximate surface area is 212 Å². The normalized spacial score (nSPS) is 16.9. The maximum atomic E-state index is 12.9. The van der Waals surface area contributed by atoms with Crippen LogP contribution >= 0.6 is 11.3 Å². The lowest BCUT2D eigenvalue weighted by atomic mass is 9.96. The van der Waals surface area contributed by atoms with E-state index < -0.39 is 0 Å². The predicted molar refractivity (Wildman–Crippen MR) is 142 cm³/mol. The quantitative estimate of drug-likeness (QED) is 0.487. The van der Waals surface area contributed by atoms with Gasteiger partial charge in [-0.05, 0) is 42.4 Å². The molecule has 35 heavy (non-hydrogen) atoms. The molecule has 0 atom stereocenters. The van der Waals surface area contributed by atoms with Crippen LogP contribution < -0.4 is 5.32 Å². The third-order valence-corrected chi connectivity index (χ3v) is 8.36. The Morgan fingerprint density at radius 3 is 2.17 bits per heavy atom. The van der Waals surface area contributed by atoms with Crippen molar-refractivity contribution in [3.05, 3.63) is 87.8 Å². The molecular formula is C29H32N4OS. The number of aryl methyl sites for hydroxylation is 1. The summed E-state index contributed by atoms with van der Waals surface area (Å²) in [6.07, 6.45) is 5.49. The van der Waals surface area contributed by atoms with E-state index in [0.717, 1.165) is 50.4 Å². The number of carbonyl (C=O) groups excluding carboxylic acids is 1. The van der Waals surface area contributed by atoms with Crippen molar-refractivity contribution in [2.75, 3.05) is 38.0 Å². The number of nitriles is 1. The summed E-state index contributed by atoms with van der Waals surface area (Å²) in [7, 11) is 0. The number of amides is 1. The van der Waals surface area contributed by atoms with Gasteiger partial charge in [0, 0.05) is 31.1 Å². The van der Waals surface area contributed by atoms with Crippen LogP contribution in [0.4, 0.5) is 5.00 Å². The van der Waals surface area contributed by atoms with Crippen LogP contribution in [-0.2, 0) is 17.6 Å². The van der Waals surface area contributed by atoms with Gasteiger partial charge in [-0.1, -0.05) is 67.1 Å². The number of benzene rings is 2. The Kier molecular flexibility index (Phi) is 7.58. The first-order valence-electron chi connectivity index (χ1n) is 12.6. The second-order valence-electron chi connectivity index (χ2n) is 9.46. The van der Waals surface area contributed by atoms with E-state index >= 15 is 0 Å². The number of hydrogen-bond acceptors (Lipinski definition) is 5. The van der Waals surface area contributed by atoms with E-state index in [2.05, 4.69) is 81.8 Å². The van der Waals surface area contributed by atoms with E-state index in [1.165, 1.54) is 34.4 Å². The van der Waals surface area contributed by atoms with Gasteiger partial charge in [-0.3, -0.25) is 14.6 Å². The van der Waals surface area contributed by atoms with Crippen LogP contribution in [-0.4, -0.2) is 48.4 Å². The van der Waals surface area contributed by atoms with Gasteiger partial charge in [0.25, 0.3) is 0 Å². The van der Waals surface area contributed by atoms with E-state index in [4.69, 9.17) is 0 Å². The summed E-state index contributed by atoms with van der Waals surface area (Å²) >= 11 is 1.61. The van der Waals surface area contributed by atoms with E-state index in [9.17, 15) is 10.1 Å². The minimum Gasteiger partial charge on any atom is -0.315 e. The summed E-state index contributed by atoms with van der Waals surface area (Å²) in [6, 6.07) is 23.9. The van der Waals surface area contributed by atoms with Crippen molar-refractivity contribution >= 4 is 22.2 Å². The van der Waals surface area contributed by atoms with Crippen molar-refractivity contribution in [3.8, 4) is 6.07 Å². The van der Waals surface area contributed by atoms with E-state index in [1.54, 1.807) is 11.3 Å². The average Bonchev–Trinajstić information content (AvgIpc) is 3.04. The van der Waals surface area contributed by atoms with E-state index in [1.807, 2.05) is 0 Å². The predicted octanol–water partition coefficient (Wildman–Crippen LogP) is 5.23. The first-order chi connectivity index (χ1) is 17.2. The van der Waals surface area contributed by atoms with E-state index in [-0.39, 0.29) is 11.9 Å². The molecule has 2 heterocycles. The number of nitrogens with zero attached hydrogens (tertiary/aromatic N) is 3. The van der Waals surface area contributed by atoms with Gasteiger partial charge in [0.1, 0.15) is 11.1 Å². The number of fused-ring (bicyclic) bond motifs is 1. The molecule has 1 fully saturated rings. The number of anilines is 1. The summed E-state index contributed by atoms with van der Waals surface area (Å²) in [6.45, 7) is 3.85. The van der Waals surface area contributed by atoms with Crippen molar-refractivity contribution in [2.45, 2.75) is 38.1 Å².